The minimum atomic E-state index is -0.109. The van der Waals surface area contributed by atoms with Crippen molar-refractivity contribution in [1.82, 2.24) is 0 Å². The first kappa shape index (κ1) is 33.2. The van der Waals surface area contributed by atoms with Crippen LogP contribution >= 0.6 is 0 Å². The zero-order valence-electron chi connectivity index (χ0n) is 31.8. The Labute approximate surface area is 325 Å². The second-order valence-corrected chi connectivity index (χ2v) is 16.1. The van der Waals surface area contributed by atoms with Gasteiger partial charge in [0.15, 0.2) is 0 Å². The Bertz CT molecular complexity index is 2740. The van der Waals surface area contributed by atoms with Gasteiger partial charge < -0.3 is 4.90 Å². The van der Waals surface area contributed by atoms with Crippen molar-refractivity contribution in [1.29, 1.82) is 0 Å². The molecule has 2 aliphatic rings. The van der Waals surface area contributed by atoms with Gasteiger partial charge in [0, 0.05) is 27.9 Å². The fraction of sp³-hybridized carbons (Fsp3) is 0.111. The molecule has 0 unspecified atom stereocenters. The molecule has 1 nitrogen and oxygen atoms in total. The van der Waals surface area contributed by atoms with Gasteiger partial charge in [-0.2, -0.15) is 0 Å². The van der Waals surface area contributed by atoms with E-state index in [9.17, 15) is 0 Å². The predicted octanol–water partition coefficient (Wildman–Crippen LogP) is 14.8. The molecule has 0 fully saturated rings. The molecule has 0 aromatic heterocycles. The van der Waals surface area contributed by atoms with Crippen molar-refractivity contribution in [3.8, 4) is 55.6 Å². The molecule has 8 aromatic carbocycles. The molecule has 0 heterocycles. The highest BCUT2D eigenvalue weighted by Crippen LogP contribution is 2.53. The molecule has 0 spiro atoms. The number of hydrogen-bond donors (Lipinski definition) is 0. The van der Waals surface area contributed by atoms with Crippen molar-refractivity contribution in [2.24, 2.45) is 0 Å². The van der Waals surface area contributed by atoms with Crippen molar-refractivity contribution in [2.45, 2.75) is 38.5 Å². The van der Waals surface area contributed by atoms with Crippen LogP contribution in [-0.4, -0.2) is 0 Å². The van der Waals surface area contributed by atoms with Crippen LogP contribution in [0.5, 0.6) is 0 Å². The van der Waals surface area contributed by atoms with Gasteiger partial charge in [-0.1, -0.05) is 179 Å². The van der Waals surface area contributed by atoms with E-state index in [4.69, 9.17) is 0 Å². The number of nitrogens with zero attached hydrogens (tertiary/aromatic N) is 1. The first-order chi connectivity index (χ1) is 26.8. The maximum Gasteiger partial charge on any atom is 0.0468 e. The average molecular weight is 706 g/mol. The predicted molar refractivity (Wildman–Crippen MR) is 233 cm³/mol. The summed E-state index contributed by atoms with van der Waals surface area (Å²) in [5.74, 6) is 0. The number of rotatable bonds is 6. The first-order valence-electron chi connectivity index (χ1n) is 19.4. The lowest BCUT2D eigenvalue weighted by Crippen LogP contribution is -2.17. The molecular weight excluding hydrogens is 663 g/mol. The van der Waals surface area contributed by atoms with E-state index >= 15 is 0 Å². The molecule has 0 saturated heterocycles. The van der Waals surface area contributed by atoms with Crippen LogP contribution in [0.1, 0.15) is 49.9 Å². The van der Waals surface area contributed by atoms with Crippen molar-refractivity contribution in [3.63, 3.8) is 0 Å². The second-order valence-electron chi connectivity index (χ2n) is 16.1. The number of anilines is 3. The summed E-state index contributed by atoms with van der Waals surface area (Å²) in [7, 11) is 0. The van der Waals surface area contributed by atoms with Crippen LogP contribution in [0.3, 0.4) is 0 Å². The molecule has 0 atom stereocenters. The van der Waals surface area contributed by atoms with E-state index in [0.717, 1.165) is 17.1 Å². The quantitative estimate of drug-likeness (QED) is 0.166. The highest BCUT2D eigenvalue weighted by molar-refractivity contribution is 5.92. The Kier molecular flexibility index (Phi) is 7.58. The van der Waals surface area contributed by atoms with Crippen LogP contribution in [0.2, 0.25) is 0 Å². The molecular formula is C54H43N. The molecule has 0 N–H and O–H groups in total. The zero-order valence-corrected chi connectivity index (χ0v) is 31.8. The van der Waals surface area contributed by atoms with E-state index in [1.807, 2.05) is 0 Å². The molecule has 2 aliphatic carbocycles. The van der Waals surface area contributed by atoms with Crippen molar-refractivity contribution in [3.05, 3.63) is 210 Å². The summed E-state index contributed by atoms with van der Waals surface area (Å²) in [5.41, 5.74) is 21.5. The third-order valence-electron chi connectivity index (χ3n) is 12.3. The van der Waals surface area contributed by atoms with Crippen molar-refractivity contribution in [2.75, 3.05) is 4.90 Å². The first-order valence-corrected chi connectivity index (χ1v) is 19.4. The Hall–Kier alpha value is -6.44. The zero-order chi connectivity index (χ0) is 37.3. The lowest BCUT2D eigenvalue weighted by atomic mass is 9.79. The van der Waals surface area contributed by atoms with Gasteiger partial charge in [0.1, 0.15) is 0 Å². The molecule has 0 radical (unpaired) electrons. The molecule has 55 heavy (non-hydrogen) atoms. The van der Waals surface area contributed by atoms with E-state index in [0.29, 0.717) is 0 Å². The number of fused-ring (bicyclic) bond motifs is 6. The molecule has 0 bridgehead atoms. The summed E-state index contributed by atoms with van der Waals surface area (Å²) in [5, 5.41) is 0. The fourth-order valence-corrected chi connectivity index (χ4v) is 9.55. The summed E-state index contributed by atoms with van der Waals surface area (Å²) in [6, 6.07) is 69.5. The van der Waals surface area contributed by atoms with Gasteiger partial charge in [-0.3, -0.25) is 0 Å². The highest BCUT2D eigenvalue weighted by atomic mass is 15.1. The Balaban J connectivity index is 1.14. The molecule has 1 heteroatoms. The van der Waals surface area contributed by atoms with E-state index in [-0.39, 0.29) is 10.8 Å². The van der Waals surface area contributed by atoms with Gasteiger partial charge in [0.25, 0.3) is 0 Å². The van der Waals surface area contributed by atoms with Gasteiger partial charge in [-0.25, -0.2) is 0 Å². The van der Waals surface area contributed by atoms with Crippen LogP contribution < -0.4 is 4.90 Å². The lowest BCUT2D eigenvalue weighted by Gasteiger charge is -2.29. The summed E-state index contributed by atoms with van der Waals surface area (Å²) >= 11 is 0. The van der Waals surface area contributed by atoms with Gasteiger partial charge in [-0.05, 0) is 114 Å². The number of benzene rings is 8. The van der Waals surface area contributed by atoms with Crippen LogP contribution in [0, 0.1) is 0 Å². The summed E-state index contributed by atoms with van der Waals surface area (Å²) in [6.07, 6.45) is 0. The maximum absolute atomic E-state index is 2.44. The van der Waals surface area contributed by atoms with Crippen molar-refractivity contribution >= 4 is 17.1 Å². The highest BCUT2D eigenvalue weighted by Gasteiger charge is 2.38. The fourth-order valence-electron chi connectivity index (χ4n) is 9.55. The normalized spacial score (nSPS) is 14.1. The molecule has 10 rings (SSSR count). The largest absolute Gasteiger partial charge is 0.310 e. The van der Waals surface area contributed by atoms with E-state index in [1.54, 1.807) is 0 Å². The van der Waals surface area contributed by atoms with E-state index in [2.05, 4.69) is 221 Å². The smallest absolute Gasteiger partial charge is 0.0468 e. The minimum Gasteiger partial charge on any atom is -0.310 e. The van der Waals surface area contributed by atoms with Crippen molar-refractivity contribution < 1.29 is 0 Å². The van der Waals surface area contributed by atoms with E-state index in [1.165, 1.54) is 77.9 Å². The van der Waals surface area contributed by atoms with Crippen LogP contribution in [0.15, 0.2) is 188 Å². The summed E-state index contributed by atoms with van der Waals surface area (Å²) in [4.78, 5) is 2.44. The van der Waals surface area contributed by atoms with Crippen LogP contribution in [0.25, 0.3) is 55.6 Å². The third-order valence-corrected chi connectivity index (χ3v) is 12.3. The maximum atomic E-state index is 2.44. The molecule has 264 valence electrons. The topological polar surface area (TPSA) is 3.24 Å². The molecule has 0 aliphatic heterocycles. The lowest BCUT2D eigenvalue weighted by molar-refractivity contribution is 0.660. The van der Waals surface area contributed by atoms with Gasteiger partial charge in [-0.15, -0.1) is 0 Å². The molecule has 0 saturated carbocycles. The summed E-state index contributed by atoms with van der Waals surface area (Å²) in [6.45, 7) is 9.46. The van der Waals surface area contributed by atoms with Gasteiger partial charge >= 0.3 is 0 Å². The second kappa shape index (κ2) is 12.6. The average Bonchev–Trinajstić information content (AvgIpc) is 3.61. The van der Waals surface area contributed by atoms with Gasteiger partial charge in [0.05, 0.1) is 0 Å². The Morgan fingerprint density at radius 3 is 1.42 bits per heavy atom. The van der Waals surface area contributed by atoms with Crippen LogP contribution in [0.4, 0.5) is 17.1 Å². The Morgan fingerprint density at radius 2 is 0.745 bits per heavy atom. The molecule has 8 aromatic rings. The third kappa shape index (κ3) is 5.22. The van der Waals surface area contributed by atoms with Crippen LogP contribution in [-0.2, 0) is 10.8 Å². The standard InChI is InChI=1S/C54H43N/c1-53(2)49-24-13-11-20-44(49)46-33-31-41(35-51(46)53)55(40-30-32-42(36-16-7-5-8-17-36)48(34-40)37-18-9-6-10-19-37)39-28-26-38(27-29-39)43-22-15-23-47-45-21-12-14-25-50(45)54(3,4)52(43)47/h5-35H,1-4H3. The molecule has 0 amide bonds. The monoisotopic (exact) mass is 705 g/mol. The number of hydrogen-bond acceptors (Lipinski definition) is 1. The SMILES string of the molecule is CC1(C)c2ccccc2-c2ccc(N(c3ccc(-c4cccc5c4C(C)(C)c4ccccc4-5)cc3)c3ccc(-c4ccccc4)c(-c4ccccc4)c3)cc21. The Morgan fingerprint density at radius 1 is 0.291 bits per heavy atom. The summed E-state index contributed by atoms with van der Waals surface area (Å²) < 4.78 is 0. The van der Waals surface area contributed by atoms with E-state index < -0.39 is 0 Å². The van der Waals surface area contributed by atoms with Gasteiger partial charge in [0.2, 0.25) is 0 Å². The minimum absolute atomic E-state index is 0.0869.